The largest absolute Gasteiger partial charge is 0.127 e. The topological polar surface area (TPSA) is 0 Å². The van der Waals surface area contributed by atoms with Crippen molar-refractivity contribution >= 4 is 34.8 Å². The standard InChI is InChI=1S/C15H21Cl3/c16-7-1-4-13-10-14(5-2-8-17)12-15(11-13)6-3-9-18/h10-12H,1-9H2. The molecular formula is C15H21Cl3. The van der Waals surface area contributed by atoms with E-state index in [1.165, 1.54) is 16.7 Å². The molecule has 0 nitrogen and oxygen atoms in total. The van der Waals surface area contributed by atoms with E-state index in [9.17, 15) is 0 Å². The summed E-state index contributed by atoms with van der Waals surface area (Å²) < 4.78 is 0. The number of rotatable bonds is 9. The lowest BCUT2D eigenvalue weighted by atomic mass is 9.98. The second-order valence-corrected chi connectivity index (χ2v) is 5.67. The fourth-order valence-corrected chi connectivity index (χ4v) is 2.49. The molecule has 0 heterocycles. The maximum atomic E-state index is 5.76. The molecule has 1 aromatic carbocycles. The Morgan fingerprint density at radius 3 is 1.06 bits per heavy atom. The summed E-state index contributed by atoms with van der Waals surface area (Å²) in [5.41, 5.74) is 4.19. The molecule has 0 spiro atoms. The van der Waals surface area contributed by atoms with Crippen LogP contribution in [0, 0.1) is 0 Å². The monoisotopic (exact) mass is 306 g/mol. The number of hydrogen-bond donors (Lipinski definition) is 0. The van der Waals surface area contributed by atoms with Crippen molar-refractivity contribution < 1.29 is 0 Å². The van der Waals surface area contributed by atoms with Crippen LogP contribution in [-0.4, -0.2) is 17.6 Å². The third-order valence-electron chi connectivity index (χ3n) is 2.91. The summed E-state index contributed by atoms with van der Waals surface area (Å²) in [6.07, 6.45) is 6.30. The Labute approximate surface area is 126 Å². The Kier molecular flexibility index (Phi) is 8.92. The Morgan fingerprint density at radius 1 is 0.556 bits per heavy atom. The van der Waals surface area contributed by atoms with Crippen LogP contribution in [0.1, 0.15) is 36.0 Å². The maximum absolute atomic E-state index is 5.76. The molecule has 0 N–H and O–H groups in total. The van der Waals surface area contributed by atoms with E-state index >= 15 is 0 Å². The SMILES string of the molecule is ClCCCc1cc(CCCCl)cc(CCCCl)c1. The molecule has 102 valence electrons. The van der Waals surface area contributed by atoms with Gasteiger partial charge in [0.15, 0.2) is 0 Å². The molecule has 1 aromatic rings. The highest BCUT2D eigenvalue weighted by atomic mass is 35.5. The second-order valence-electron chi connectivity index (χ2n) is 4.54. The van der Waals surface area contributed by atoms with E-state index in [1.807, 2.05) is 0 Å². The highest BCUT2D eigenvalue weighted by Crippen LogP contribution is 2.16. The number of alkyl halides is 3. The molecule has 0 unspecified atom stereocenters. The lowest BCUT2D eigenvalue weighted by Crippen LogP contribution is -1.96. The Morgan fingerprint density at radius 2 is 0.833 bits per heavy atom. The van der Waals surface area contributed by atoms with Gasteiger partial charge in [0.1, 0.15) is 0 Å². The smallest absolute Gasteiger partial charge is 0.0226 e. The zero-order chi connectivity index (χ0) is 13.2. The maximum Gasteiger partial charge on any atom is 0.0226 e. The number of aryl methyl sites for hydroxylation is 3. The van der Waals surface area contributed by atoms with Crippen LogP contribution >= 0.6 is 34.8 Å². The molecule has 0 aliphatic rings. The minimum atomic E-state index is 0.725. The molecule has 0 radical (unpaired) electrons. The summed E-state index contributed by atoms with van der Waals surface area (Å²) in [6.45, 7) is 0. The van der Waals surface area contributed by atoms with E-state index in [2.05, 4.69) is 18.2 Å². The molecule has 1 rings (SSSR count). The molecule has 0 bridgehead atoms. The predicted molar refractivity (Wildman–Crippen MR) is 83.6 cm³/mol. The highest BCUT2D eigenvalue weighted by molar-refractivity contribution is 6.18. The molecule has 0 amide bonds. The van der Waals surface area contributed by atoms with Gasteiger partial charge in [0.25, 0.3) is 0 Å². The minimum Gasteiger partial charge on any atom is -0.127 e. The highest BCUT2D eigenvalue weighted by Gasteiger charge is 2.02. The normalized spacial score (nSPS) is 10.8. The van der Waals surface area contributed by atoms with Crippen molar-refractivity contribution in [1.82, 2.24) is 0 Å². The van der Waals surface area contributed by atoms with Crippen LogP contribution in [0.15, 0.2) is 18.2 Å². The Hall–Kier alpha value is 0.0900. The van der Waals surface area contributed by atoms with Crippen molar-refractivity contribution in [2.75, 3.05) is 17.6 Å². The van der Waals surface area contributed by atoms with Crippen LogP contribution in [0.2, 0.25) is 0 Å². The molecule has 0 aromatic heterocycles. The molecule has 0 atom stereocenters. The first-order chi connectivity index (χ1) is 8.80. The molecule has 0 aliphatic carbocycles. The predicted octanol–water partition coefficient (Wildman–Crippen LogP) is 5.20. The lowest BCUT2D eigenvalue weighted by Gasteiger charge is -2.09. The van der Waals surface area contributed by atoms with E-state index in [0.717, 1.165) is 56.2 Å². The number of benzene rings is 1. The summed E-state index contributed by atoms with van der Waals surface area (Å²) in [5, 5.41) is 0. The molecule has 18 heavy (non-hydrogen) atoms. The Balaban J connectivity index is 2.74. The van der Waals surface area contributed by atoms with Crippen molar-refractivity contribution in [3.63, 3.8) is 0 Å². The van der Waals surface area contributed by atoms with Gasteiger partial charge < -0.3 is 0 Å². The number of hydrogen-bond acceptors (Lipinski definition) is 0. The Bertz CT molecular complexity index is 272. The molecule has 0 saturated carbocycles. The van der Waals surface area contributed by atoms with Gasteiger partial charge in [-0.25, -0.2) is 0 Å². The van der Waals surface area contributed by atoms with Crippen molar-refractivity contribution in [3.8, 4) is 0 Å². The van der Waals surface area contributed by atoms with Gasteiger partial charge >= 0.3 is 0 Å². The minimum absolute atomic E-state index is 0.725. The molecule has 0 aliphatic heterocycles. The van der Waals surface area contributed by atoms with E-state index in [0.29, 0.717) is 0 Å². The van der Waals surface area contributed by atoms with Gasteiger partial charge in [0, 0.05) is 17.6 Å². The van der Waals surface area contributed by atoms with Crippen LogP contribution in [0.3, 0.4) is 0 Å². The molecule has 0 saturated heterocycles. The lowest BCUT2D eigenvalue weighted by molar-refractivity contribution is 0.876. The van der Waals surface area contributed by atoms with Crippen LogP contribution in [0.25, 0.3) is 0 Å². The van der Waals surface area contributed by atoms with E-state index in [4.69, 9.17) is 34.8 Å². The quantitative estimate of drug-likeness (QED) is 0.550. The zero-order valence-electron chi connectivity index (χ0n) is 10.7. The van der Waals surface area contributed by atoms with Crippen molar-refractivity contribution in [1.29, 1.82) is 0 Å². The fourth-order valence-electron chi connectivity index (χ4n) is 2.09. The van der Waals surface area contributed by atoms with Crippen molar-refractivity contribution in [3.05, 3.63) is 34.9 Å². The van der Waals surface area contributed by atoms with E-state index in [-0.39, 0.29) is 0 Å². The van der Waals surface area contributed by atoms with Gasteiger partial charge in [0.2, 0.25) is 0 Å². The van der Waals surface area contributed by atoms with Gasteiger partial charge in [-0.05, 0) is 55.2 Å². The van der Waals surface area contributed by atoms with Gasteiger partial charge in [0.05, 0.1) is 0 Å². The van der Waals surface area contributed by atoms with Gasteiger partial charge in [-0.3, -0.25) is 0 Å². The first kappa shape index (κ1) is 16.1. The van der Waals surface area contributed by atoms with Gasteiger partial charge in [-0.15, -0.1) is 34.8 Å². The van der Waals surface area contributed by atoms with E-state index < -0.39 is 0 Å². The van der Waals surface area contributed by atoms with Crippen LogP contribution in [-0.2, 0) is 19.3 Å². The van der Waals surface area contributed by atoms with Crippen LogP contribution in [0.4, 0.5) is 0 Å². The summed E-state index contributed by atoms with van der Waals surface area (Å²) in [7, 11) is 0. The first-order valence-electron chi connectivity index (χ1n) is 6.59. The van der Waals surface area contributed by atoms with Crippen LogP contribution in [0.5, 0.6) is 0 Å². The zero-order valence-corrected chi connectivity index (χ0v) is 13.0. The summed E-state index contributed by atoms with van der Waals surface area (Å²) in [6, 6.07) is 6.88. The molecule has 3 heteroatoms. The molecule has 0 fully saturated rings. The van der Waals surface area contributed by atoms with Crippen molar-refractivity contribution in [2.45, 2.75) is 38.5 Å². The third-order valence-corrected chi connectivity index (χ3v) is 3.71. The van der Waals surface area contributed by atoms with Crippen molar-refractivity contribution in [2.24, 2.45) is 0 Å². The summed E-state index contributed by atoms with van der Waals surface area (Å²) in [4.78, 5) is 0. The summed E-state index contributed by atoms with van der Waals surface area (Å²) in [5.74, 6) is 2.18. The molecular weight excluding hydrogens is 287 g/mol. The number of halogens is 3. The second kappa shape index (κ2) is 9.95. The first-order valence-corrected chi connectivity index (χ1v) is 8.20. The van der Waals surface area contributed by atoms with Gasteiger partial charge in [-0.1, -0.05) is 18.2 Å². The average molecular weight is 308 g/mol. The van der Waals surface area contributed by atoms with Gasteiger partial charge in [-0.2, -0.15) is 0 Å². The van der Waals surface area contributed by atoms with Crippen LogP contribution < -0.4 is 0 Å². The summed E-state index contributed by atoms with van der Waals surface area (Å²) >= 11 is 17.3. The third kappa shape index (κ3) is 6.31. The average Bonchev–Trinajstić information content (AvgIpc) is 2.40. The fraction of sp³-hybridized carbons (Fsp3) is 0.600. The van der Waals surface area contributed by atoms with E-state index in [1.54, 1.807) is 0 Å².